The molecule has 0 aliphatic carbocycles. The van der Waals surface area contributed by atoms with Crippen molar-refractivity contribution >= 4 is 33.0 Å². The molecule has 0 amide bonds. The van der Waals surface area contributed by atoms with Crippen molar-refractivity contribution < 1.29 is 13.2 Å². The second-order valence-corrected chi connectivity index (χ2v) is 6.57. The number of sulfone groups is 1. The Balaban J connectivity index is 2.38. The van der Waals surface area contributed by atoms with Gasteiger partial charge in [0.25, 0.3) is 0 Å². The average molecular weight is 333 g/mol. The van der Waals surface area contributed by atoms with Crippen LogP contribution in [0.2, 0.25) is 5.15 Å². The van der Waals surface area contributed by atoms with E-state index < -0.39 is 9.84 Å². The van der Waals surface area contributed by atoms with Crippen LogP contribution >= 0.6 is 23.2 Å². The molecule has 0 fully saturated rings. The van der Waals surface area contributed by atoms with Crippen LogP contribution in [0.25, 0.3) is 0 Å². The van der Waals surface area contributed by atoms with E-state index in [1.54, 1.807) is 12.1 Å². The first-order valence-corrected chi connectivity index (χ1v) is 8.25. The zero-order valence-corrected chi connectivity index (χ0v) is 12.7. The Bertz CT molecular complexity index is 735. The Morgan fingerprint density at radius 3 is 2.70 bits per heavy atom. The first kappa shape index (κ1) is 15.0. The lowest BCUT2D eigenvalue weighted by Gasteiger charge is -2.09. The number of nitrogens with zero attached hydrogens (tertiary/aromatic N) is 2. The van der Waals surface area contributed by atoms with Gasteiger partial charge in [0, 0.05) is 6.26 Å². The number of benzene rings is 1. The van der Waals surface area contributed by atoms with Crippen LogP contribution in [0, 0.1) is 0 Å². The maximum Gasteiger partial charge on any atom is 0.228 e. The van der Waals surface area contributed by atoms with Gasteiger partial charge in [0.05, 0.1) is 16.3 Å². The van der Waals surface area contributed by atoms with Gasteiger partial charge in [-0.3, -0.25) is 0 Å². The normalized spacial score (nSPS) is 11.3. The Kier molecular flexibility index (Phi) is 4.47. The molecule has 0 N–H and O–H groups in total. The largest absolute Gasteiger partial charge is 0.438 e. The van der Waals surface area contributed by atoms with E-state index >= 15 is 0 Å². The molecule has 20 heavy (non-hydrogen) atoms. The summed E-state index contributed by atoms with van der Waals surface area (Å²) in [7, 11) is -3.31. The lowest BCUT2D eigenvalue weighted by Crippen LogP contribution is -1.99. The van der Waals surface area contributed by atoms with Gasteiger partial charge >= 0.3 is 0 Å². The van der Waals surface area contributed by atoms with Gasteiger partial charge in [-0.1, -0.05) is 17.7 Å². The summed E-state index contributed by atoms with van der Waals surface area (Å²) in [4.78, 5) is 7.90. The Morgan fingerprint density at radius 2 is 2.05 bits per heavy atom. The fraction of sp³-hybridized carbons (Fsp3) is 0.167. The minimum Gasteiger partial charge on any atom is -0.438 e. The second kappa shape index (κ2) is 5.95. The first-order chi connectivity index (χ1) is 9.41. The van der Waals surface area contributed by atoms with Gasteiger partial charge in [0.1, 0.15) is 17.2 Å². The van der Waals surface area contributed by atoms with Crippen LogP contribution in [0.5, 0.6) is 11.6 Å². The van der Waals surface area contributed by atoms with Crippen molar-refractivity contribution in [1.29, 1.82) is 0 Å². The van der Waals surface area contributed by atoms with Gasteiger partial charge in [-0.25, -0.2) is 18.4 Å². The molecule has 0 saturated heterocycles. The van der Waals surface area contributed by atoms with Crippen molar-refractivity contribution in [2.24, 2.45) is 0 Å². The Labute approximate surface area is 126 Å². The van der Waals surface area contributed by atoms with Crippen LogP contribution in [0.3, 0.4) is 0 Å². The summed E-state index contributed by atoms with van der Waals surface area (Å²) in [6.45, 7) is 0. The topological polar surface area (TPSA) is 69.2 Å². The SMILES string of the molecule is CS(=O)(=O)c1cccc(Oc2ncnc(Cl)c2CCl)c1. The van der Waals surface area contributed by atoms with Gasteiger partial charge in [-0.15, -0.1) is 11.6 Å². The summed E-state index contributed by atoms with van der Waals surface area (Å²) in [6.07, 6.45) is 2.37. The summed E-state index contributed by atoms with van der Waals surface area (Å²) >= 11 is 11.7. The fourth-order valence-corrected chi connectivity index (χ4v) is 2.61. The molecular formula is C12H10Cl2N2O3S. The van der Waals surface area contributed by atoms with Crippen molar-refractivity contribution in [3.8, 4) is 11.6 Å². The van der Waals surface area contributed by atoms with Crippen molar-refractivity contribution in [3.05, 3.63) is 41.3 Å². The Hall–Kier alpha value is -1.37. The number of halogens is 2. The third-order valence-electron chi connectivity index (χ3n) is 2.44. The summed E-state index contributed by atoms with van der Waals surface area (Å²) in [6, 6.07) is 6.08. The molecule has 1 aromatic carbocycles. The van der Waals surface area contributed by atoms with Gasteiger partial charge in [-0.2, -0.15) is 0 Å². The van der Waals surface area contributed by atoms with Crippen molar-refractivity contribution in [3.63, 3.8) is 0 Å². The summed E-state index contributed by atoms with van der Waals surface area (Å²) in [5, 5.41) is 0.198. The first-order valence-electron chi connectivity index (χ1n) is 5.45. The highest BCUT2D eigenvalue weighted by Gasteiger charge is 2.13. The average Bonchev–Trinajstić information content (AvgIpc) is 2.38. The molecular weight excluding hydrogens is 323 g/mol. The molecule has 0 radical (unpaired) electrons. The second-order valence-electron chi connectivity index (χ2n) is 3.93. The molecule has 0 atom stereocenters. The minimum absolute atomic E-state index is 0.0841. The summed E-state index contributed by atoms with van der Waals surface area (Å²) in [5.74, 6) is 0.612. The van der Waals surface area contributed by atoms with E-state index in [1.165, 1.54) is 18.5 Å². The number of aromatic nitrogens is 2. The maximum absolute atomic E-state index is 11.5. The molecule has 0 aliphatic heterocycles. The van der Waals surface area contributed by atoms with Crippen molar-refractivity contribution in [2.75, 3.05) is 6.26 Å². The molecule has 1 heterocycles. The smallest absolute Gasteiger partial charge is 0.228 e. The van der Waals surface area contributed by atoms with E-state index in [9.17, 15) is 8.42 Å². The van der Waals surface area contributed by atoms with Crippen LogP contribution in [0.4, 0.5) is 0 Å². The molecule has 5 nitrogen and oxygen atoms in total. The molecule has 0 aliphatic rings. The number of ether oxygens (including phenoxy) is 1. The van der Waals surface area contributed by atoms with Crippen molar-refractivity contribution in [1.82, 2.24) is 9.97 Å². The maximum atomic E-state index is 11.5. The van der Waals surface area contributed by atoms with E-state index in [0.29, 0.717) is 11.3 Å². The van der Waals surface area contributed by atoms with Crippen LogP contribution in [-0.2, 0) is 15.7 Å². The van der Waals surface area contributed by atoms with Gasteiger partial charge in [0.2, 0.25) is 5.88 Å². The quantitative estimate of drug-likeness (QED) is 0.635. The van der Waals surface area contributed by atoms with E-state index in [1.807, 2.05) is 0 Å². The monoisotopic (exact) mass is 332 g/mol. The molecule has 0 spiro atoms. The molecule has 1 aromatic heterocycles. The predicted octanol–water partition coefficient (Wildman–Crippen LogP) is 3.06. The lowest BCUT2D eigenvalue weighted by atomic mass is 10.3. The van der Waals surface area contributed by atoms with Gasteiger partial charge in [0.15, 0.2) is 9.84 Å². The van der Waals surface area contributed by atoms with E-state index in [4.69, 9.17) is 27.9 Å². The molecule has 2 aromatic rings. The van der Waals surface area contributed by atoms with Gasteiger partial charge in [-0.05, 0) is 18.2 Å². The zero-order chi connectivity index (χ0) is 14.8. The molecule has 8 heteroatoms. The predicted molar refractivity (Wildman–Crippen MR) is 76.2 cm³/mol. The molecule has 106 valence electrons. The zero-order valence-electron chi connectivity index (χ0n) is 10.4. The summed E-state index contributed by atoms with van der Waals surface area (Å²) in [5.41, 5.74) is 0.445. The van der Waals surface area contributed by atoms with Crippen LogP contribution in [0.15, 0.2) is 35.5 Å². The highest BCUT2D eigenvalue weighted by atomic mass is 35.5. The summed E-state index contributed by atoms with van der Waals surface area (Å²) < 4.78 is 28.5. The third-order valence-corrected chi connectivity index (χ3v) is 4.14. The highest BCUT2D eigenvalue weighted by Crippen LogP contribution is 2.29. The van der Waals surface area contributed by atoms with Crippen LogP contribution in [-0.4, -0.2) is 24.6 Å². The molecule has 0 unspecified atom stereocenters. The minimum atomic E-state index is -3.31. The number of alkyl halides is 1. The van der Waals surface area contributed by atoms with E-state index in [2.05, 4.69) is 9.97 Å². The lowest BCUT2D eigenvalue weighted by molar-refractivity contribution is 0.455. The van der Waals surface area contributed by atoms with Crippen LogP contribution < -0.4 is 4.74 Å². The van der Waals surface area contributed by atoms with E-state index in [-0.39, 0.29) is 21.8 Å². The fourth-order valence-electron chi connectivity index (χ4n) is 1.46. The molecule has 0 bridgehead atoms. The number of hydrogen-bond acceptors (Lipinski definition) is 5. The van der Waals surface area contributed by atoms with E-state index in [0.717, 1.165) is 6.26 Å². The number of hydrogen-bond donors (Lipinski definition) is 0. The standard InChI is InChI=1S/C12H10Cl2N2O3S/c1-20(17,18)9-4-2-3-8(5-9)19-12-10(6-13)11(14)15-7-16-12/h2-5,7H,6H2,1H3. The molecule has 0 saturated carbocycles. The van der Waals surface area contributed by atoms with Crippen LogP contribution in [0.1, 0.15) is 5.56 Å². The highest BCUT2D eigenvalue weighted by molar-refractivity contribution is 7.90. The molecule has 2 rings (SSSR count). The van der Waals surface area contributed by atoms with Gasteiger partial charge < -0.3 is 4.74 Å². The van der Waals surface area contributed by atoms with Crippen molar-refractivity contribution in [2.45, 2.75) is 10.8 Å². The Morgan fingerprint density at radius 1 is 1.30 bits per heavy atom. The number of rotatable bonds is 4. The third kappa shape index (κ3) is 3.39.